The zero-order chi connectivity index (χ0) is 15.8. The van der Waals surface area contributed by atoms with E-state index in [4.69, 9.17) is 4.74 Å². The Hall–Kier alpha value is -2.44. The van der Waals surface area contributed by atoms with E-state index >= 15 is 0 Å². The maximum Gasteiger partial charge on any atom is 0.416 e. The van der Waals surface area contributed by atoms with Gasteiger partial charge in [0.1, 0.15) is 5.52 Å². The Morgan fingerprint density at radius 2 is 1.95 bits per heavy atom. The van der Waals surface area contributed by atoms with Crippen LogP contribution in [0.25, 0.3) is 11.2 Å². The lowest BCUT2D eigenvalue weighted by molar-refractivity contribution is 0.0860. The Morgan fingerprint density at radius 1 is 1.29 bits per heavy atom. The summed E-state index contributed by atoms with van der Waals surface area (Å²) in [7, 11) is 3.14. The van der Waals surface area contributed by atoms with Gasteiger partial charge in [0.2, 0.25) is 5.88 Å². The number of ether oxygens (including phenoxy) is 1. The van der Waals surface area contributed by atoms with E-state index in [1.165, 1.54) is 11.1 Å². The minimum atomic E-state index is -0.553. The molecule has 0 saturated carbocycles. The molecule has 1 N–H and O–H groups in total. The van der Waals surface area contributed by atoms with Crippen LogP contribution in [0.3, 0.4) is 0 Å². The summed E-state index contributed by atoms with van der Waals surface area (Å²) in [6.45, 7) is 5.49. The minimum absolute atomic E-state index is 0.0564. The molecule has 2 rings (SSSR count). The van der Waals surface area contributed by atoms with Crippen molar-refractivity contribution in [2.45, 2.75) is 20.8 Å². The fourth-order valence-corrected chi connectivity index (χ4v) is 1.68. The average molecular weight is 290 g/mol. The summed E-state index contributed by atoms with van der Waals surface area (Å²) >= 11 is 0. The van der Waals surface area contributed by atoms with Crippen molar-refractivity contribution in [1.82, 2.24) is 19.9 Å². The number of hydrogen-bond acceptors (Lipinski definition) is 5. The predicted octanol–water partition coefficient (Wildman–Crippen LogP) is 2.25. The van der Waals surface area contributed by atoms with Gasteiger partial charge in [-0.3, -0.25) is 4.79 Å². The molecule has 0 radical (unpaired) electrons. The molecule has 0 spiro atoms. The zero-order valence-corrected chi connectivity index (χ0v) is 12.7. The molecule has 0 bridgehead atoms. The largest absolute Gasteiger partial charge is 0.416 e. The lowest BCUT2D eigenvalue weighted by atomic mass is 9.87. The number of amides is 1. The molecule has 0 saturated heterocycles. The maximum absolute atomic E-state index is 12.4. The van der Waals surface area contributed by atoms with Crippen LogP contribution in [0.1, 0.15) is 31.1 Å². The summed E-state index contributed by atoms with van der Waals surface area (Å²) in [5.41, 5.74) is 0.784. The van der Waals surface area contributed by atoms with Crippen LogP contribution in [0.5, 0.6) is 5.88 Å². The SMILES string of the molecule is CN(C)C(=O)Oc1cnc2[nH]cc(C(=O)C(C)(C)C)c2n1. The molecule has 2 aromatic rings. The molecule has 0 unspecified atom stereocenters. The number of nitrogens with one attached hydrogen (secondary N) is 1. The predicted molar refractivity (Wildman–Crippen MR) is 77.4 cm³/mol. The number of rotatable bonds is 2. The number of ketones is 1. The number of fused-ring (bicyclic) bond motifs is 1. The van der Waals surface area contributed by atoms with Crippen molar-refractivity contribution >= 4 is 23.0 Å². The third-order valence-corrected chi connectivity index (χ3v) is 2.84. The summed E-state index contributed by atoms with van der Waals surface area (Å²) < 4.78 is 5.06. The normalized spacial score (nSPS) is 11.5. The van der Waals surface area contributed by atoms with Crippen molar-refractivity contribution < 1.29 is 14.3 Å². The van der Waals surface area contributed by atoms with Crippen LogP contribution in [-0.2, 0) is 0 Å². The van der Waals surface area contributed by atoms with E-state index in [0.29, 0.717) is 16.7 Å². The quantitative estimate of drug-likeness (QED) is 0.857. The Morgan fingerprint density at radius 3 is 2.52 bits per heavy atom. The van der Waals surface area contributed by atoms with Gasteiger partial charge in [-0.15, -0.1) is 0 Å². The summed E-state index contributed by atoms with van der Waals surface area (Å²) in [5.74, 6) is 0.00268. The van der Waals surface area contributed by atoms with Gasteiger partial charge >= 0.3 is 6.09 Å². The van der Waals surface area contributed by atoms with E-state index < -0.39 is 11.5 Å². The van der Waals surface area contributed by atoms with Gasteiger partial charge in [0.05, 0.1) is 11.8 Å². The maximum atomic E-state index is 12.4. The van der Waals surface area contributed by atoms with E-state index in [0.717, 1.165) is 0 Å². The summed E-state index contributed by atoms with van der Waals surface area (Å²) in [5, 5.41) is 0. The van der Waals surface area contributed by atoms with Crippen LogP contribution >= 0.6 is 0 Å². The molecular formula is C14H18N4O3. The van der Waals surface area contributed by atoms with Crippen LogP contribution in [0.2, 0.25) is 0 Å². The zero-order valence-electron chi connectivity index (χ0n) is 12.7. The monoisotopic (exact) mass is 290 g/mol. The first kappa shape index (κ1) is 15.0. The van der Waals surface area contributed by atoms with Gasteiger partial charge < -0.3 is 14.6 Å². The molecule has 0 aliphatic rings. The molecule has 112 valence electrons. The molecule has 7 heteroatoms. The molecule has 7 nitrogen and oxygen atoms in total. The van der Waals surface area contributed by atoms with Crippen LogP contribution in [-0.4, -0.2) is 45.8 Å². The topological polar surface area (TPSA) is 88.2 Å². The smallest absolute Gasteiger partial charge is 0.389 e. The number of carbonyl (C=O) groups is 2. The van der Waals surface area contributed by atoms with Crippen LogP contribution in [0, 0.1) is 5.41 Å². The van der Waals surface area contributed by atoms with Crippen molar-refractivity contribution in [1.29, 1.82) is 0 Å². The van der Waals surface area contributed by atoms with Gasteiger partial charge in [-0.25, -0.2) is 14.8 Å². The number of aromatic amines is 1. The average Bonchev–Trinajstić information content (AvgIpc) is 2.79. The summed E-state index contributed by atoms with van der Waals surface area (Å²) in [6, 6.07) is 0. The molecule has 0 aliphatic carbocycles. The first-order valence-corrected chi connectivity index (χ1v) is 6.48. The fourth-order valence-electron chi connectivity index (χ4n) is 1.68. The first-order chi connectivity index (χ1) is 9.70. The molecule has 1 amide bonds. The number of hydrogen-bond donors (Lipinski definition) is 1. The number of carbonyl (C=O) groups excluding carboxylic acids is 2. The van der Waals surface area contributed by atoms with Crippen LogP contribution < -0.4 is 4.74 Å². The van der Waals surface area contributed by atoms with E-state index in [9.17, 15) is 9.59 Å². The van der Waals surface area contributed by atoms with E-state index in [2.05, 4.69) is 15.0 Å². The fraction of sp³-hybridized carbons (Fsp3) is 0.429. The molecule has 0 aromatic carbocycles. The first-order valence-electron chi connectivity index (χ1n) is 6.48. The molecule has 0 atom stereocenters. The molecule has 2 aromatic heterocycles. The Bertz CT molecular complexity index is 698. The summed E-state index contributed by atoms with van der Waals surface area (Å²) in [4.78, 5) is 36.4. The van der Waals surface area contributed by atoms with E-state index in [-0.39, 0.29) is 11.7 Å². The van der Waals surface area contributed by atoms with E-state index in [1.807, 2.05) is 20.8 Å². The minimum Gasteiger partial charge on any atom is -0.389 e. The van der Waals surface area contributed by atoms with Gasteiger partial charge in [0.15, 0.2) is 11.4 Å². The van der Waals surface area contributed by atoms with Gasteiger partial charge in [-0.05, 0) is 0 Å². The standard InChI is InChI=1S/C14H18N4O3/c1-14(2,3)11(19)8-6-15-12-10(8)17-9(7-16-12)21-13(20)18(4)5/h6-7H,1-5H3,(H,15,16). The highest BCUT2D eigenvalue weighted by atomic mass is 16.6. The van der Waals surface area contributed by atoms with Crippen LogP contribution in [0.15, 0.2) is 12.4 Å². The number of Topliss-reactive ketones (excluding diaryl/α,β-unsaturated/α-hetero) is 1. The molecule has 0 aliphatic heterocycles. The second kappa shape index (κ2) is 5.16. The van der Waals surface area contributed by atoms with Gasteiger partial charge in [0.25, 0.3) is 0 Å². The lowest BCUT2D eigenvalue weighted by Crippen LogP contribution is -2.25. The number of aromatic nitrogens is 3. The number of nitrogens with zero attached hydrogens (tertiary/aromatic N) is 3. The van der Waals surface area contributed by atoms with Crippen molar-refractivity contribution in [2.24, 2.45) is 5.41 Å². The molecule has 2 heterocycles. The number of H-pyrrole nitrogens is 1. The second-order valence-electron chi connectivity index (χ2n) is 5.95. The second-order valence-corrected chi connectivity index (χ2v) is 5.95. The van der Waals surface area contributed by atoms with Crippen molar-refractivity contribution in [3.63, 3.8) is 0 Å². The molecule has 21 heavy (non-hydrogen) atoms. The lowest BCUT2D eigenvalue weighted by Gasteiger charge is -2.15. The van der Waals surface area contributed by atoms with Gasteiger partial charge in [-0.1, -0.05) is 20.8 Å². The summed E-state index contributed by atoms with van der Waals surface area (Å²) in [6.07, 6.45) is 2.37. The molecular weight excluding hydrogens is 272 g/mol. The third-order valence-electron chi connectivity index (χ3n) is 2.84. The highest BCUT2D eigenvalue weighted by Gasteiger charge is 2.26. The Labute approximate surface area is 122 Å². The van der Waals surface area contributed by atoms with Crippen molar-refractivity contribution in [3.8, 4) is 5.88 Å². The highest BCUT2D eigenvalue weighted by Crippen LogP contribution is 2.25. The Kier molecular flexibility index (Phi) is 3.67. The van der Waals surface area contributed by atoms with Crippen LogP contribution in [0.4, 0.5) is 4.79 Å². The Balaban J connectivity index is 2.42. The highest BCUT2D eigenvalue weighted by molar-refractivity contribution is 6.08. The van der Waals surface area contributed by atoms with Gasteiger partial charge in [0, 0.05) is 25.7 Å². The third kappa shape index (κ3) is 3.01. The molecule has 0 fully saturated rings. The van der Waals surface area contributed by atoms with Crippen molar-refractivity contribution in [3.05, 3.63) is 18.0 Å². The van der Waals surface area contributed by atoms with Gasteiger partial charge in [-0.2, -0.15) is 0 Å². The van der Waals surface area contributed by atoms with E-state index in [1.54, 1.807) is 20.3 Å². The van der Waals surface area contributed by atoms with Crippen molar-refractivity contribution in [2.75, 3.05) is 14.1 Å².